The summed E-state index contributed by atoms with van der Waals surface area (Å²) in [4.78, 5) is 18.1. The lowest BCUT2D eigenvalue weighted by Crippen LogP contribution is -2.32. The molecule has 0 heterocycles. The smallest absolute Gasteiger partial charge is 0.303 e. The number of hydrogen-bond acceptors (Lipinski definition) is 2. The van der Waals surface area contributed by atoms with E-state index in [1.54, 1.807) is 0 Å². The van der Waals surface area contributed by atoms with Crippen LogP contribution in [-0.2, 0) is 9.09 Å². The van der Waals surface area contributed by atoms with Crippen LogP contribution in [0.15, 0.2) is 0 Å². The van der Waals surface area contributed by atoms with Crippen molar-refractivity contribution in [1.29, 1.82) is 0 Å². The maximum Gasteiger partial charge on any atom is 0.470 e. The molecule has 0 rings (SSSR count). The highest BCUT2D eigenvalue weighted by Crippen LogP contribution is 2.46. The van der Waals surface area contributed by atoms with E-state index in [0.717, 1.165) is 43.0 Å². The predicted molar refractivity (Wildman–Crippen MR) is 78.4 cm³/mol. The standard InChI is InChI=1S/C11H24IO4P/c1-3-5-7-11(9-10-12,8-6-4-2)16-17(13,14)15/h3-10H2,1-2H3,(H2,13,14,15). The average Bonchev–Trinajstić information content (AvgIpc) is 2.22. The lowest BCUT2D eigenvalue weighted by molar-refractivity contribution is 0.0135. The van der Waals surface area contributed by atoms with E-state index < -0.39 is 13.4 Å². The molecule has 0 saturated heterocycles. The second-order valence-corrected chi connectivity index (χ2v) is 6.65. The third-order valence-corrected chi connectivity index (χ3v) is 4.00. The summed E-state index contributed by atoms with van der Waals surface area (Å²) in [6, 6.07) is 0. The first-order valence-corrected chi connectivity index (χ1v) is 9.27. The number of phosphoric ester groups is 1. The molecule has 17 heavy (non-hydrogen) atoms. The van der Waals surface area contributed by atoms with Crippen LogP contribution in [0.4, 0.5) is 0 Å². The molecule has 0 atom stereocenters. The molecule has 6 heteroatoms. The lowest BCUT2D eigenvalue weighted by Gasteiger charge is -2.33. The monoisotopic (exact) mass is 378 g/mol. The summed E-state index contributed by atoms with van der Waals surface area (Å²) in [6.07, 6.45) is 6.09. The molecular formula is C11H24IO4P. The van der Waals surface area contributed by atoms with Crippen molar-refractivity contribution in [3.05, 3.63) is 0 Å². The summed E-state index contributed by atoms with van der Waals surface area (Å²) in [5, 5.41) is 0. The summed E-state index contributed by atoms with van der Waals surface area (Å²) in [5.41, 5.74) is -0.633. The highest BCUT2D eigenvalue weighted by molar-refractivity contribution is 14.1. The summed E-state index contributed by atoms with van der Waals surface area (Å²) in [7, 11) is -4.40. The molecule has 2 N–H and O–H groups in total. The van der Waals surface area contributed by atoms with E-state index in [1.807, 2.05) is 0 Å². The number of unbranched alkanes of at least 4 members (excludes halogenated alkanes) is 2. The summed E-state index contributed by atoms with van der Waals surface area (Å²) in [5.74, 6) is 0. The van der Waals surface area contributed by atoms with Crippen LogP contribution in [0.2, 0.25) is 0 Å². The van der Waals surface area contributed by atoms with E-state index in [9.17, 15) is 4.57 Å². The number of phosphoric acid groups is 1. The van der Waals surface area contributed by atoms with Gasteiger partial charge >= 0.3 is 7.82 Å². The quantitative estimate of drug-likeness (QED) is 0.342. The third-order valence-electron chi connectivity index (χ3n) is 2.83. The fourth-order valence-electron chi connectivity index (χ4n) is 1.93. The van der Waals surface area contributed by atoms with Gasteiger partial charge in [-0.2, -0.15) is 0 Å². The van der Waals surface area contributed by atoms with Gasteiger partial charge in [-0.1, -0.05) is 62.1 Å². The van der Waals surface area contributed by atoms with Crippen molar-refractivity contribution in [3.8, 4) is 0 Å². The Kier molecular flexibility index (Phi) is 9.30. The van der Waals surface area contributed by atoms with E-state index in [1.165, 1.54) is 0 Å². The Labute approximate surface area is 118 Å². The molecule has 0 aromatic rings. The van der Waals surface area contributed by atoms with Crippen molar-refractivity contribution in [2.24, 2.45) is 0 Å². The first-order chi connectivity index (χ1) is 7.89. The lowest BCUT2D eigenvalue weighted by atomic mass is 9.88. The molecule has 0 spiro atoms. The van der Waals surface area contributed by atoms with Crippen LogP contribution >= 0.6 is 30.4 Å². The van der Waals surface area contributed by atoms with Gasteiger partial charge in [-0.25, -0.2) is 4.57 Å². The normalized spacial score (nSPS) is 13.0. The van der Waals surface area contributed by atoms with Crippen LogP contribution in [0.3, 0.4) is 0 Å². The van der Waals surface area contributed by atoms with Gasteiger partial charge in [-0.15, -0.1) is 0 Å². The zero-order chi connectivity index (χ0) is 13.4. The predicted octanol–water partition coefficient (Wildman–Crippen LogP) is 4.04. The molecule has 0 aliphatic heterocycles. The molecule has 0 aromatic carbocycles. The van der Waals surface area contributed by atoms with Crippen molar-refractivity contribution < 1.29 is 18.9 Å². The van der Waals surface area contributed by atoms with Gasteiger partial charge in [-0.3, -0.25) is 4.52 Å². The van der Waals surface area contributed by atoms with Crippen LogP contribution in [0.5, 0.6) is 0 Å². The molecular weight excluding hydrogens is 354 g/mol. The largest absolute Gasteiger partial charge is 0.470 e. The Bertz CT molecular complexity index is 234. The van der Waals surface area contributed by atoms with Crippen molar-refractivity contribution in [3.63, 3.8) is 0 Å². The van der Waals surface area contributed by atoms with Gasteiger partial charge < -0.3 is 9.79 Å². The van der Waals surface area contributed by atoms with E-state index in [-0.39, 0.29) is 0 Å². The molecule has 0 radical (unpaired) electrons. The Morgan fingerprint density at radius 3 is 1.88 bits per heavy atom. The van der Waals surface area contributed by atoms with E-state index in [2.05, 4.69) is 36.4 Å². The third kappa shape index (κ3) is 8.54. The second kappa shape index (κ2) is 8.86. The minimum absolute atomic E-state index is 0.633. The topological polar surface area (TPSA) is 66.8 Å². The Morgan fingerprint density at radius 2 is 1.59 bits per heavy atom. The Balaban J connectivity index is 4.73. The maximum atomic E-state index is 11.1. The molecule has 0 aliphatic rings. The van der Waals surface area contributed by atoms with Crippen LogP contribution in [0, 0.1) is 0 Å². The molecule has 0 aromatic heterocycles. The average molecular weight is 378 g/mol. The van der Waals surface area contributed by atoms with Gasteiger partial charge in [0.05, 0.1) is 5.60 Å². The van der Waals surface area contributed by atoms with Crippen LogP contribution < -0.4 is 0 Å². The fourth-order valence-corrected chi connectivity index (χ4v) is 3.70. The molecule has 4 nitrogen and oxygen atoms in total. The van der Waals surface area contributed by atoms with Gasteiger partial charge in [0.1, 0.15) is 0 Å². The van der Waals surface area contributed by atoms with Crippen molar-refractivity contribution in [1.82, 2.24) is 0 Å². The molecule has 0 bridgehead atoms. The van der Waals surface area contributed by atoms with E-state index in [0.29, 0.717) is 6.42 Å². The SMILES string of the molecule is CCCCC(CCI)(CCCC)OP(=O)(O)O. The van der Waals surface area contributed by atoms with Gasteiger partial charge in [0.2, 0.25) is 0 Å². The zero-order valence-electron chi connectivity index (χ0n) is 10.7. The summed E-state index contributed by atoms with van der Waals surface area (Å²) >= 11 is 2.23. The minimum Gasteiger partial charge on any atom is -0.303 e. The minimum atomic E-state index is -4.40. The molecule has 0 fully saturated rings. The van der Waals surface area contributed by atoms with Crippen LogP contribution in [0.25, 0.3) is 0 Å². The molecule has 0 amide bonds. The molecule has 104 valence electrons. The first-order valence-electron chi connectivity index (χ1n) is 6.21. The van der Waals surface area contributed by atoms with Crippen molar-refractivity contribution in [2.75, 3.05) is 4.43 Å². The van der Waals surface area contributed by atoms with Gasteiger partial charge in [0, 0.05) is 4.43 Å². The van der Waals surface area contributed by atoms with E-state index in [4.69, 9.17) is 14.3 Å². The van der Waals surface area contributed by atoms with Gasteiger partial charge in [0.25, 0.3) is 0 Å². The highest BCUT2D eigenvalue weighted by Gasteiger charge is 2.36. The first kappa shape index (κ1) is 17.8. The Hall–Kier alpha value is 0.840. The fraction of sp³-hybridized carbons (Fsp3) is 1.00. The molecule has 0 saturated carbocycles. The molecule has 0 aliphatic carbocycles. The van der Waals surface area contributed by atoms with E-state index >= 15 is 0 Å². The van der Waals surface area contributed by atoms with Gasteiger partial charge in [-0.05, 0) is 19.3 Å². The number of alkyl halides is 1. The van der Waals surface area contributed by atoms with Crippen LogP contribution in [-0.4, -0.2) is 19.8 Å². The van der Waals surface area contributed by atoms with Crippen molar-refractivity contribution in [2.45, 2.75) is 64.4 Å². The Morgan fingerprint density at radius 1 is 1.12 bits per heavy atom. The maximum absolute atomic E-state index is 11.1. The molecule has 0 unspecified atom stereocenters. The zero-order valence-corrected chi connectivity index (χ0v) is 13.7. The number of rotatable bonds is 10. The van der Waals surface area contributed by atoms with Crippen molar-refractivity contribution >= 4 is 30.4 Å². The number of halogens is 1. The van der Waals surface area contributed by atoms with Crippen LogP contribution in [0.1, 0.15) is 58.8 Å². The summed E-state index contributed by atoms with van der Waals surface area (Å²) in [6.45, 7) is 4.15. The summed E-state index contributed by atoms with van der Waals surface area (Å²) < 4.78 is 17.1. The second-order valence-electron chi connectivity index (χ2n) is 4.41. The highest BCUT2D eigenvalue weighted by atomic mass is 127. The van der Waals surface area contributed by atoms with Gasteiger partial charge in [0.15, 0.2) is 0 Å². The number of hydrogen-bond donors (Lipinski definition) is 2.